The molecular weight excluding hydrogens is 459 g/mol. The van der Waals surface area contributed by atoms with Crippen LogP contribution in [0.5, 0.6) is 11.5 Å². The molecule has 1 aliphatic rings. The molecule has 0 unspecified atom stereocenters. The Hall–Kier alpha value is -3.17. The number of benzene rings is 2. The van der Waals surface area contributed by atoms with E-state index in [4.69, 9.17) is 10.5 Å². The maximum atomic E-state index is 12.8. The second kappa shape index (κ2) is 9.76. The van der Waals surface area contributed by atoms with Gasteiger partial charge in [-0.3, -0.25) is 4.79 Å². The minimum absolute atomic E-state index is 0. The van der Waals surface area contributed by atoms with Gasteiger partial charge >= 0.3 is 6.36 Å². The molecule has 1 amide bonds. The van der Waals surface area contributed by atoms with Gasteiger partial charge in [-0.2, -0.15) is 0 Å². The average Bonchev–Trinajstić information content (AvgIpc) is 3.17. The van der Waals surface area contributed by atoms with Gasteiger partial charge in [0.2, 0.25) is 0 Å². The molecule has 1 aromatic heterocycles. The molecule has 0 saturated heterocycles. The third-order valence-corrected chi connectivity index (χ3v) is 5.37. The van der Waals surface area contributed by atoms with Gasteiger partial charge in [-0.15, -0.1) is 25.6 Å². The topological polar surface area (TPSA) is 78.5 Å². The smallest absolute Gasteiger partial charge is 0.497 e. The number of nitrogens with one attached hydrogen (secondary N) is 1. The summed E-state index contributed by atoms with van der Waals surface area (Å²) in [6.07, 6.45) is -4.18. The van der Waals surface area contributed by atoms with Crippen molar-refractivity contribution < 1.29 is 27.4 Å². The number of carbonyl (C=O) groups is 1. The van der Waals surface area contributed by atoms with E-state index in [1.807, 2.05) is 16.7 Å². The molecule has 0 saturated carbocycles. The largest absolute Gasteiger partial charge is 0.573 e. The first-order chi connectivity index (χ1) is 15.3. The molecule has 2 aromatic carbocycles. The van der Waals surface area contributed by atoms with Crippen molar-refractivity contribution in [2.24, 2.45) is 5.73 Å². The fourth-order valence-corrected chi connectivity index (χ4v) is 4.02. The molecule has 33 heavy (non-hydrogen) atoms. The molecule has 2 heterocycles. The monoisotopic (exact) mass is 481 g/mol. The highest BCUT2D eigenvalue weighted by Crippen LogP contribution is 2.41. The lowest BCUT2D eigenvalue weighted by atomic mass is 10.0. The number of rotatable bonds is 6. The van der Waals surface area contributed by atoms with Gasteiger partial charge in [0.1, 0.15) is 17.2 Å². The molecule has 0 bridgehead atoms. The number of hydrogen-bond donors (Lipinski definition) is 2. The number of methoxy groups -OCH3 is 1. The summed E-state index contributed by atoms with van der Waals surface area (Å²) >= 11 is 0. The van der Waals surface area contributed by atoms with Gasteiger partial charge in [0.05, 0.1) is 18.8 Å². The Balaban J connectivity index is 0.00000306. The summed E-state index contributed by atoms with van der Waals surface area (Å²) in [5.74, 6) is 0.0855. The van der Waals surface area contributed by atoms with Gasteiger partial charge in [-0.25, -0.2) is 0 Å². The molecule has 3 N–H and O–H groups in total. The molecule has 0 radical (unpaired) electrons. The Kier molecular flexibility index (Phi) is 7.24. The van der Waals surface area contributed by atoms with Crippen molar-refractivity contribution >= 4 is 18.3 Å². The molecule has 0 fully saturated rings. The number of carbonyl (C=O) groups excluding carboxylic acids is 1. The van der Waals surface area contributed by atoms with Crippen molar-refractivity contribution in [1.29, 1.82) is 0 Å². The molecule has 3 aromatic rings. The van der Waals surface area contributed by atoms with Crippen LogP contribution in [0.2, 0.25) is 0 Å². The second-order valence-corrected chi connectivity index (χ2v) is 7.41. The quantitative estimate of drug-likeness (QED) is 0.531. The second-order valence-electron chi connectivity index (χ2n) is 7.41. The van der Waals surface area contributed by atoms with E-state index in [-0.39, 0.29) is 30.1 Å². The van der Waals surface area contributed by atoms with Crippen LogP contribution in [-0.2, 0) is 0 Å². The van der Waals surface area contributed by atoms with Crippen LogP contribution in [0.25, 0.3) is 22.4 Å². The lowest BCUT2D eigenvalue weighted by molar-refractivity contribution is -0.274. The number of nitrogens with zero attached hydrogens (tertiary/aromatic N) is 1. The van der Waals surface area contributed by atoms with Crippen molar-refractivity contribution in [2.45, 2.75) is 18.8 Å². The molecule has 6 nitrogen and oxygen atoms in total. The summed E-state index contributed by atoms with van der Waals surface area (Å²) in [6.45, 7) is 0.835. The van der Waals surface area contributed by atoms with Crippen LogP contribution in [0.4, 0.5) is 13.2 Å². The first-order valence-corrected chi connectivity index (χ1v) is 10.0. The molecule has 0 spiro atoms. The molecule has 1 atom stereocenters. The third kappa shape index (κ3) is 5.09. The predicted molar refractivity (Wildman–Crippen MR) is 121 cm³/mol. The summed E-state index contributed by atoms with van der Waals surface area (Å²) in [7, 11) is 1.56. The van der Waals surface area contributed by atoms with E-state index in [2.05, 4.69) is 10.1 Å². The minimum Gasteiger partial charge on any atom is -0.497 e. The zero-order chi connectivity index (χ0) is 22.9. The highest BCUT2D eigenvalue weighted by Gasteiger charge is 2.32. The number of alkyl halides is 3. The van der Waals surface area contributed by atoms with Crippen LogP contribution in [0, 0.1) is 0 Å². The van der Waals surface area contributed by atoms with Crippen molar-refractivity contribution in [1.82, 2.24) is 9.88 Å². The Morgan fingerprint density at radius 3 is 2.45 bits per heavy atom. The summed E-state index contributed by atoms with van der Waals surface area (Å²) in [4.78, 5) is 12.7. The van der Waals surface area contributed by atoms with Gasteiger partial charge in [0, 0.05) is 12.1 Å². The SMILES string of the molecule is COc1ccc(-c2c(-c3cccc(OC(F)(F)F)c3)cc3n2[C@@H](CCN)CNC3=O)cc1.Cl. The number of nitrogens with two attached hydrogens (primary N) is 1. The van der Waals surface area contributed by atoms with E-state index in [1.165, 1.54) is 18.2 Å². The fourth-order valence-electron chi connectivity index (χ4n) is 4.02. The van der Waals surface area contributed by atoms with Crippen LogP contribution in [-0.4, -0.2) is 37.0 Å². The summed E-state index contributed by atoms with van der Waals surface area (Å²) in [6, 6.07) is 14.6. The van der Waals surface area contributed by atoms with Gasteiger partial charge in [0.25, 0.3) is 5.91 Å². The van der Waals surface area contributed by atoms with Gasteiger partial charge < -0.3 is 25.1 Å². The van der Waals surface area contributed by atoms with Crippen LogP contribution in [0.15, 0.2) is 54.6 Å². The predicted octanol–water partition coefficient (Wildman–Crippen LogP) is 4.78. The molecule has 0 aliphatic carbocycles. The number of aromatic nitrogens is 1. The number of hydrogen-bond acceptors (Lipinski definition) is 4. The van der Waals surface area contributed by atoms with Crippen LogP contribution in [0.3, 0.4) is 0 Å². The van der Waals surface area contributed by atoms with Crippen molar-refractivity contribution in [3.05, 3.63) is 60.3 Å². The van der Waals surface area contributed by atoms with Gasteiger partial charge in [-0.05, 0) is 66.6 Å². The Morgan fingerprint density at radius 2 is 1.82 bits per heavy atom. The first-order valence-electron chi connectivity index (χ1n) is 10.0. The maximum Gasteiger partial charge on any atom is 0.573 e. The zero-order valence-electron chi connectivity index (χ0n) is 17.7. The van der Waals surface area contributed by atoms with E-state index >= 15 is 0 Å². The van der Waals surface area contributed by atoms with E-state index < -0.39 is 6.36 Å². The van der Waals surface area contributed by atoms with E-state index in [1.54, 1.807) is 31.4 Å². The fraction of sp³-hybridized carbons (Fsp3) is 0.261. The van der Waals surface area contributed by atoms with E-state index in [9.17, 15) is 18.0 Å². The summed E-state index contributed by atoms with van der Waals surface area (Å²) in [5, 5.41) is 2.87. The maximum absolute atomic E-state index is 12.8. The van der Waals surface area contributed by atoms with Crippen molar-refractivity contribution in [2.75, 3.05) is 20.2 Å². The third-order valence-electron chi connectivity index (χ3n) is 5.37. The Labute approximate surface area is 194 Å². The van der Waals surface area contributed by atoms with Crippen molar-refractivity contribution in [3.8, 4) is 33.9 Å². The lowest BCUT2D eigenvalue weighted by Gasteiger charge is -2.28. The highest BCUT2D eigenvalue weighted by atomic mass is 35.5. The number of halogens is 4. The van der Waals surface area contributed by atoms with Crippen LogP contribution < -0.4 is 20.5 Å². The number of ether oxygens (including phenoxy) is 2. The number of fused-ring (bicyclic) bond motifs is 1. The van der Waals surface area contributed by atoms with E-state index in [0.717, 1.165) is 11.3 Å². The van der Waals surface area contributed by atoms with Gasteiger partial charge in [0.15, 0.2) is 0 Å². The summed E-state index contributed by atoms with van der Waals surface area (Å²) in [5.41, 5.74) is 8.88. The Morgan fingerprint density at radius 1 is 1.09 bits per heavy atom. The minimum atomic E-state index is -4.80. The lowest BCUT2D eigenvalue weighted by Crippen LogP contribution is -2.39. The molecule has 176 valence electrons. The molecule has 10 heteroatoms. The first kappa shape index (κ1) is 24.5. The van der Waals surface area contributed by atoms with E-state index in [0.29, 0.717) is 42.1 Å². The zero-order valence-corrected chi connectivity index (χ0v) is 18.5. The van der Waals surface area contributed by atoms with Crippen LogP contribution in [0.1, 0.15) is 23.0 Å². The van der Waals surface area contributed by atoms with Gasteiger partial charge in [-0.1, -0.05) is 12.1 Å². The molecular formula is C23H23ClF3N3O3. The standard InChI is InChI=1S/C23H22F3N3O3.ClH/c1-31-17-7-5-14(6-8-17)21-19(15-3-2-4-18(11-15)32-23(24,25)26)12-20-22(30)28-13-16(9-10-27)29(20)21;/h2-8,11-12,16H,9-10,13,27H2,1H3,(H,28,30);1H/t16-;/m0./s1. The average molecular weight is 482 g/mol. The molecule has 4 rings (SSSR count). The number of amides is 1. The Bertz CT molecular complexity index is 1130. The summed E-state index contributed by atoms with van der Waals surface area (Å²) < 4.78 is 49.6. The normalized spacial score (nSPS) is 15.3. The highest BCUT2D eigenvalue weighted by molar-refractivity contribution is 5.98. The van der Waals surface area contributed by atoms with Crippen LogP contribution >= 0.6 is 12.4 Å². The van der Waals surface area contributed by atoms with Crippen molar-refractivity contribution in [3.63, 3.8) is 0 Å². The molecule has 1 aliphatic heterocycles.